The van der Waals surface area contributed by atoms with E-state index >= 15 is 0 Å². The van der Waals surface area contributed by atoms with E-state index in [1.165, 1.54) is 13.2 Å². The maximum absolute atomic E-state index is 8.74. The molecule has 4 heteroatoms. The quantitative estimate of drug-likeness (QED) is 0.705. The standard InChI is InChI=1S/C10H9N3O/c1-14-10-5-7(2-3-11)9(13)4-8(10)6-12/h4-5H,2,13H2,1H3. The average molecular weight is 187 g/mol. The molecule has 0 aromatic heterocycles. The number of methoxy groups -OCH3 is 1. The first kappa shape index (κ1) is 9.88. The number of nitrogens with two attached hydrogens (primary N) is 1. The maximum atomic E-state index is 8.74. The lowest BCUT2D eigenvalue weighted by atomic mass is 10.1. The maximum Gasteiger partial charge on any atom is 0.137 e. The van der Waals surface area contributed by atoms with Crippen LogP contribution in [0.15, 0.2) is 12.1 Å². The monoisotopic (exact) mass is 187 g/mol. The van der Waals surface area contributed by atoms with Gasteiger partial charge in [-0.05, 0) is 17.7 Å². The Morgan fingerprint density at radius 2 is 2.14 bits per heavy atom. The lowest BCUT2D eigenvalue weighted by molar-refractivity contribution is 0.413. The number of benzene rings is 1. The molecule has 1 aromatic carbocycles. The number of ether oxygens (including phenoxy) is 1. The van der Waals surface area contributed by atoms with Gasteiger partial charge < -0.3 is 10.5 Å². The molecule has 2 N–H and O–H groups in total. The summed E-state index contributed by atoms with van der Waals surface area (Å²) in [4.78, 5) is 0. The molecule has 0 aliphatic carbocycles. The van der Waals surface area contributed by atoms with Crippen molar-refractivity contribution in [3.05, 3.63) is 23.3 Å². The summed E-state index contributed by atoms with van der Waals surface area (Å²) in [6.07, 6.45) is 0.216. The molecule has 0 amide bonds. The summed E-state index contributed by atoms with van der Waals surface area (Å²) in [7, 11) is 1.47. The Labute approximate surface area is 82.1 Å². The van der Waals surface area contributed by atoms with Crippen LogP contribution in [0.1, 0.15) is 11.1 Å². The van der Waals surface area contributed by atoms with Gasteiger partial charge in [-0.2, -0.15) is 10.5 Å². The van der Waals surface area contributed by atoms with Crippen LogP contribution in [0.3, 0.4) is 0 Å². The van der Waals surface area contributed by atoms with Crippen LogP contribution in [-0.2, 0) is 6.42 Å². The molecule has 0 heterocycles. The van der Waals surface area contributed by atoms with Gasteiger partial charge in [0.15, 0.2) is 0 Å². The van der Waals surface area contributed by atoms with Crippen molar-refractivity contribution in [1.82, 2.24) is 0 Å². The first-order valence-electron chi connectivity index (χ1n) is 3.96. The molecule has 0 saturated heterocycles. The van der Waals surface area contributed by atoms with E-state index in [1.54, 1.807) is 6.07 Å². The van der Waals surface area contributed by atoms with Gasteiger partial charge in [-0.3, -0.25) is 0 Å². The first-order chi connectivity index (χ1) is 6.72. The van der Waals surface area contributed by atoms with Gasteiger partial charge in [-0.25, -0.2) is 0 Å². The number of nitriles is 2. The Morgan fingerprint density at radius 3 is 2.64 bits per heavy atom. The van der Waals surface area contributed by atoms with Crippen LogP contribution in [0.2, 0.25) is 0 Å². The normalized spacial score (nSPS) is 8.79. The molecule has 0 saturated carbocycles. The molecule has 0 radical (unpaired) electrons. The van der Waals surface area contributed by atoms with E-state index in [1.807, 2.05) is 12.1 Å². The molecule has 4 nitrogen and oxygen atoms in total. The van der Waals surface area contributed by atoms with Crippen molar-refractivity contribution >= 4 is 5.69 Å². The lowest BCUT2D eigenvalue weighted by Gasteiger charge is -2.07. The number of rotatable bonds is 2. The topological polar surface area (TPSA) is 82.8 Å². The second kappa shape index (κ2) is 4.15. The second-order valence-electron chi connectivity index (χ2n) is 2.70. The molecule has 70 valence electrons. The summed E-state index contributed by atoms with van der Waals surface area (Å²) in [6.45, 7) is 0. The number of anilines is 1. The number of hydrogen-bond donors (Lipinski definition) is 1. The highest BCUT2D eigenvalue weighted by Crippen LogP contribution is 2.24. The van der Waals surface area contributed by atoms with Crippen LogP contribution in [0.4, 0.5) is 5.69 Å². The number of nitrogens with zero attached hydrogens (tertiary/aromatic N) is 2. The Balaban J connectivity index is 3.26. The summed E-state index contributed by atoms with van der Waals surface area (Å²) >= 11 is 0. The molecular formula is C10H9N3O. The SMILES string of the molecule is COc1cc(CC#N)c(N)cc1C#N. The van der Waals surface area contributed by atoms with Gasteiger partial charge in [0.05, 0.1) is 25.2 Å². The molecule has 0 unspecified atom stereocenters. The Kier molecular flexibility index (Phi) is 2.93. The Bertz CT molecular complexity index is 426. The summed E-state index contributed by atoms with van der Waals surface area (Å²) in [5.74, 6) is 0.451. The Hall–Kier alpha value is -2.20. The van der Waals surface area contributed by atoms with Crippen LogP contribution in [0.25, 0.3) is 0 Å². The fourth-order valence-electron chi connectivity index (χ4n) is 1.13. The molecule has 0 aliphatic rings. The largest absolute Gasteiger partial charge is 0.495 e. The third kappa shape index (κ3) is 1.75. The van der Waals surface area contributed by atoms with Gasteiger partial charge in [0, 0.05) is 5.69 Å². The molecular weight excluding hydrogens is 178 g/mol. The summed E-state index contributed by atoms with van der Waals surface area (Å²) < 4.78 is 4.99. The zero-order valence-corrected chi connectivity index (χ0v) is 7.74. The fraction of sp³-hybridized carbons (Fsp3) is 0.200. The van der Waals surface area contributed by atoms with Crippen LogP contribution in [0.5, 0.6) is 5.75 Å². The van der Waals surface area contributed by atoms with Crippen molar-refractivity contribution in [3.63, 3.8) is 0 Å². The van der Waals surface area contributed by atoms with Gasteiger partial charge in [0.25, 0.3) is 0 Å². The smallest absolute Gasteiger partial charge is 0.137 e. The van der Waals surface area contributed by atoms with Crippen LogP contribution >= 0.6 is 0 Å². The minimum atomic E-state index is 0.216. The highest BCUT2D eigenvalue weighted by atomic mass is 16.5. The summed E-state index contributed by atoms with van der Waals surface area (Å²) in [5, 5.41) is 17.3. The number of nitrogen functional groups attached to an aromatic ring is 1. The van der Waals surface area contributed by atoms with E-state index in [4.69, 9.17) is 21.0 Å². The lowest BCUT2D eigenvalue weighted by Crippen LogP contribution is -1.97. The number of hydrogen-bond acceptors (Lipinski definition) is 4. The second-order valence-corrected chi connectivity index (χ2v) is 2.70. The Morgan fingerprint density at radius 1 is 1.43 bits per heavy atom. The molecule has 14 heavy (non-hydrogen) atoms. The van der Waals surface area contributed by atoms with Crippen molar-refractivity contribution in [2.45, 2.75) is 6.42 Å². The highest BCUT2D eigenvalue weighted by molar-refractivity contribution is 5.59. The van der Waals surface area contributed by atoms with Crippen LogP contribution in [0, 0.1) is 22.7 Å². The van der Waals surface area contributed by atoms with Crippen molar-refractivity contribution in [3.8, 4) is 17.9 Å². The first-order valence-corrected chi connectivity index (χ1v) is 3.96. The molecule has 1 aromatic rings. The van der Waals surface area contributed by atoms with Gasteiger partial charge >= 0.3 is 0 Å². The van der Waals surface area contributed by atoms with E-state index in [2.05, 4.69) is 0 Å². The van der Waals surface area contributed by atoms with Crippen molar-refractivity contribution in [2.75, 3.05) is 12.8 Å². The molecule has 0 spiro atoms. The third-order valence-electron chi connectivity index (χ3n) is 1.85. The van der Waals surface area contributed by atoms with E-state index in [0.717, 1.165) is 0 Å². The zero-order valence-electron chi connectivity index (χ0n) is 7.74. The van der Waals surface area contributed by atoms with Crippen LogP contribution < -0.4 is 10.5 Å². The van der Waals surface area contributed by atoms with Gasteiger partial charge in [0.2, 0.25) is 0 Å². The predicted molar refractivity (Wildman–Crippen MR) is 51.4 cm³/mol. The molecule has 0 aliphatic heterocycles. The summed E-state index contributed by atoms with van der Waals surface area (Å²) in [5.41, 5.74) is 7.16. The fourth-order valence-corrected chi connectivity index (χ4v) is 1.13. The molecule has 0 atom stereocenters. The summed E-state index contributed by atoms with van der Waals surface area (Å²) in [6, 6.07) is 7.11. The van der Waals surface area contributed by atoms with Gasteiger partial charge in [0.1, 0.15) is 11.8 Å². The van der Waals surface area contributed by atoms with E-state index < -0.39 is 0 Å². The van der Waals surface area contributed by atoms with Crippen molar-refractivity contribution < 1.29 is 4.74 Å². The predicted octanol–water partition coefficient (Wildman–Crippen LogP) is 1.22. The minimum Gasteiger partial charge on any atom is -0.495 e. The van der Waals surface area contributed by atoms with Gasteiger partial charge in [-0.15, -0.1) is 0 Å². The van der Waals surface area contributed by atoms with Crippen LogP contribution in [-0.4, -0.2) is 7.11 Å². The average Bonchev–Trinajstić information content (AvgIpc) is 2.20. The molecule has 1 rings (SSSR count). The van der Waals surface area contributed by atoms with Gasteiger partial charge in [-0.1, -0.05) is 0 Å². The zero-order chi connectivity index (χ0) is 10.6. The third-order valence-corrected chi connectivity index (χ3v) is 1.85. The molecule has 0 bridgehead atoms. The highest BCUT2D eigenvalue weighted by Gasteiger charge is 2.07. The van der Waals surface area contributed by atoms with E-state index in [-0.39, 0.29) is 6.42 Å². The van der Waals surface area contributed by atoms with Crippen molar-refractivity contribution in [1.29, 1.82) is 10.5 Å². The minimum absolute atomic E-state index is 0.216. The van der Waals surface area contributed by atoms with E-state index in [9.17, 15) is 0 Å². The van der Waals surface area contributed by atoms with E-state index in [0.29, 0.717) is 22.6 Å². The van der Waals surface area contributed by atoms with Crippen molar-refractivity contribution in [2.24, 2.45) is 0 Å². The molecule has 0 fully saturated rings.